The molecule has 2 aliphatic heterocycles. The zero-order valence-corrected chi connectivity index (χ0v) is 13.0. The number of likely N-dealkylation sites (tertiary alicyclic amines) is 1. The van der Waals surface area contributed by atoms with E-state index in [9.17, 15) is 4.79 Å². The summed E-state index contributed by atoms with van der Waals surface area (Å²) in [6, 6.07) is 0. The average Bonchev–Trinajstić information content (AvgIpc) is 3.00. The molecular formula is C14H23BrN2O2. The van der Waals surface area contributed by atoms with E-state index in [-0.39, 0.29) is 12.0 Å². The SMILES string of the molecule is C=C(Br)CN(CC(=O)N1CCCC1)C[C@@H]1CCCO1. The molecular weight excluding hydrogens is 308 g/mol. The van der Waals surface area contributed by atoms with Crippen LogP contribution in [0.1, 0.15) is 25.7 Å². The van der Waals surface area contributed by atoms with E-state index in [1.165, 1.54) is 0 Å². The van der Waals surface area contributed by atoms with Crippen LogP contribution >= 0.6 is 15.9 Å². The number of hydrogen-bond donors (Lipinski definition) is 0. The third-order valence-electron chi connectivity index (χ3n) is 3.70. The van der Waals surface area contributed by atoms with Gasteiger partial charge < -0.3 is 9.64 Å². The lowest BCUT2D eigenvalue weighted by atomic mass is 10.2. The maximum Gasteiger partial charge on any atom is 0.236 e. The largest absolute Gasteiger partial charge is 0.377 e. The van der Waals surface area contributed by atoms with Crippen molar-refractivity contribution in [3.8, 4) is 0 Å². The minimum Gasteiger partial charge on any atom is -0.377 e. The third-order valence-corrected chi connectivity index (χ3v) is 3.95. The summed E-state index contributed by atoms with van der Waals surface area (Å²) < 4.78 is 6.58. The van der Waals surface area contributed by atoms with Gasteiger partial charge in [0.2, 0.25) is 5.91 Å². The molecule has 19 heavy (non-hydrogen) atoms. The number of ether oxygens (including phenoxy) is 1. The Labute approximate surface area is 123 Å². The van der Waals surface area contributed by atoms with E-state index in [1.54, 1.807) is 0 Å². The molecule has 0 radical (unpaired) electrons. The summed E-state index contributed by atoms with van der Waals surface area (Å²) in [4.78, 5) is 16.3. The molecule has 0 spiro atoms. The second-order valence-electron chi connectivity index (χ2n) is 5.41. The predicted molar refractivity (Wildman–Crippen MR) is 79.3 cm³/mol. The third kappa shape index (κ3) is 4.89. The molecule has 0 aliphatic carbocycles. The quantitative estimate of drug-likeness (QED) is 0.746. The number of hydrogen-bond acceptors (Lipinski definition) is 3. The van der Waals surface area contributed by atoms with Crippen molar-refractivity contribution in [1.29, 1.82) is 0 Å². The first-order valence-corrected chi connectivity index (χ1v) is 7.89. The molecule has 0 aromatic heterocycles. The van der Waals surface area contributed by atoms with Crippen molar-refractivity contribution < 1.29 is 9.53 Å². The topological polar surface area (TPSA) is 32.8 Å². The van der Waals surface area contributed by atoms with Gasteiger partial charge in [0.25, 0.3) is 0 Å². The summed E-state index contributed by atoms with van der Waals surface area (Å²) in [7, 11) is 0. The smallest absolute Gasteiger partial charge is 0.236 e. The number of nitrogens with zero attached hydrogens (tertiary/aromatic N) is 2. The molecule has 0 saturated carbocycles. The van der Waals surface area contributed by atoms with Gasteiger partial charge in [0, 0.05) is 37.3 Å². The fourth-order valence-electron chi connectivity index (χ4n) is 2.76. The molecule has 0 unspecified atom stereocenters. The highest BCUT2D eigenvalue weighted by atomic mass is 79.9. The Morgan fingerprint density at radius 1 is 1.32 bits per heavy atom. The number of rotatable bonds is 6. The van der Waals surface area contributed by atoms with Crippen LogP contribution in [0.4, 0.5) is 0 Å². The van der Waals surface area contributed by atoms with Crippen molar-refractivity contribution in [2.45, 2.75) is 31.8 Å². The summed E-state index contributed by atoms with van der Waals surface area (Å²) in [6.45, 7) is 8.58. The second kappa shape index (κ2) is 7.41. The van der Waals surface area contributed by atoms with Gasteiger partial charge in [0.1, 0.15) is 0 Å². The van der Waals surface area contributed by atoms with Gasteiger partial charge in [0.15, 0.2) is 0 Å². The van der Waals surface area contributed by atoms with Crippen molar-refractivity contribution in [2.24, 2.45) is 0 Å². The fourth-order valence-corrected chi connectivity index (χ4v) is 3.12. The number of carbonyl (C=O) groups is 1. The van der Waals surface area contributed by atoms with Crippen molar-refractivity contribution >= 4 is 21.8 Å². The molecule has 0 N–H and O–H groups in total. The molecule has 2 aliphatic rings. The molecule has 4 nitrogen and oxygen atoms in total. The van der Waals surface area contributed by atoms with Crippen molar-refractivity contribution in [1.82, 2.24) is 9.80 Å². The van der Waals surface area contributed by atoms with Crippen molar-refractivity contribution in [3.05, 3.63) is 11.1 Å². The summed E-state index contributed by atoms with van der Waals surface area (Å²) in [5, 5.41) is 0. The van der Waals surface area contributed by atoms with Gasteiger partial charge in [-0.2, -0.15) is 0 Å². The summed E-state index contributed by atoms with van der Waals surface area (Å²) in [6.07, 6.45) is 4.79. The first-order valence-electron chi connectivity index (χ1n) is 7.10. The van der Waals surface area contributed by atoms with Crippen LogP contribution in [-0.2, 0) is 9.53 Å². The Bertz CT molecular complexity index is 323. The van der Waals surface area contributed by atoms with Gasteiger partial charge in [-0.15, -0.1) is 0 Å². The van der Waals surface area contributed by atoms with Gasteiger partial charge in [-0.3, -0.25) is 9.69 Å². The Morgan fingerprint density at radius 3 is 2.63 bits per heavy atom. The van der Waals surface area contributed by atoms with Crippen LogP contribution in [0, 0.1) is 0 Å². The van der Waals surface area contributed by atoms with Crippen LogP contribution in [0.15, 0.2) is 11.1 Å². The van der Waals surface area contributed by atoms with Crippen LogP contribution in [0.2, 0.25) is 0 Å². The van der Waals surface area contributed by atoms with E-state index < -0.39 is 0 Å². The normalized spacial score (nSPS) is 23.3. The lowest BCUT2D eigenvalue weighted by Crippen LogP contribution is -2.42. The molecule has 108 valence electrons. The zero-order valence-electron chi connectivity index (χ0n) is 11.4. The van der Waals surface area contributed by atoms with Crippen molar-refractivity contribution in [3.63, 3.8) is 0 Å². The first kappa shape index (κ1) is 15.0. The Morgan fingerprint density at radius 2 is 2.05 bits per heavy atom. The van der Waals surface area contributed by atoms with Crippen LogP contribution in [-0.4, -0.2) is 61.1 Å². The van der Waals surface area contributed by atoms with Gasteiger partial charge >= 0.3 is 0 Å². The molecule has 2 heterocycles. The Balaban J connectivity index is 1.84. The molecule has 0 bridgehead atoms. The first-order chi connectivity index (χ1) is 9.15. The number of carbonyl (C=O) groups excluding carboxylic acids is 1. The summed E-state index contributed by atoms with van der Waals surface area (Å²) in [5.74, 6) is 0.240. The van der Waals surface area contributed by atoms with E-state index in [1.807, 2.05) is 4.90 Å². The van der Waals surface area contributed by atoms with Crippen LogP contribution in [0.5, 0.6) is 0 Å². The van der Waals surface area contributed by atoms with Crippen LogP contribution in [0.3, 0.4) is 0 Å². The lowest BCUT2D eigenvalue weighted by Gasteiger charge is -2.26. The minimum atomic E-state index is 0.240. The Kier molecular flexibility index (Phi) is 5.85. The fraction of sp³-hybridized carbons (Fsp3) is 0.786. The second-order valence-corrected chi connectivity index (χ2v) is 6.53. The molecule has 2 rings (SSSR count). The van der Waals surface area contributed by atoms with E-state index in [4.69, 9.17) is 4.74 Å². The van der Waals surface area contributed by atoms with Gasteiger partial charge in [0.05, 0.1) is 12.6 Å². The minimum absolute atomic E-state index is 0.240. The Hall–Kier alpha value is -0.390. The molecule has 0 aromatic rings. The van der Waals surface area contributed by atoms with Gasteiger partial charge in [-0.1, -0.05) is 22.5 Å². The maximum atomic E-state index is 12.2. The zero-order chi connectivity index (χ0) is 13.7. The predicted octanol–water partition coefficient (Wildman–Crippen LogP) is 2.00. The van der Waals surface area contributed by atoms with Crippen LogP contribution in [0.25, 0.3) is 0 Å². The highest BCUT2D eigenvalue weighted by Gasteiger charge is 2.24. The molecule has 0 aromatic carbocycles. The molecule has 2 saturated heterocycles. The van der Waals surface area contributed by atoms with E-state index in [0.717, 1.165) is 56.4 Å². The van der Waals surface area contributed by atoms with Crippen LogP contribution < -0.4 is 0 Å². The molecule has 1 amide bonds. The highest BCUT2D eigenvalue weighted by Crippen LogP contribution is 2.16. The van der Waals surface area contributed by atoms with Gasteiger partial charge in [-0.25, -0.2) is 0 Å². The maximum absolute atomic E-state index is 12.2. The summed E-state index contributed by atoms with van der Waals surface area (Å²) in [5.41, 5.74) is 0. The molecule has 2 fully saturated rings. The van der Waals surface area contributed by atoms with E-state index in [0.29, 0.717) is 13.1 Å². The molecule has 5 heteroatoms. The standard InChI is InChI=1S/C14H23BrN2O2/c1-12(15)9-16(10-13-5-4-8-19-13)11-14(18)17-6-2-3-7-17/h13H,1-11H2/t13-/m0/s1. The van der Waals surface area contributed by atoms with Crippen molar-refractivity contribution in [2.75, 3.05) is 39.3 Å². The molecule has 1 atom stereocenters. The van der Waals surface area contributed by atoms with E-state index in [2.05, 4.69) is 27.4 Å². The lowest BCUT2D eigenvalue weighted by molar-refractivity contribution is -0.131. The summed E-state index contributed by atoms with van der Waals surface area (Å²) >= 11 is 3.40. The number of amides is 1. The monoisotopic (exact) mass is 330 g/mol. The highest BCUT2D eigenvalue weighted by molar-refractivity contribution is 9.11. The van der Waals surface area contributed by atoms with E-state index >= 15 is 0 Å². The number of halogens is 1. The van der Waals surface area contributed by atoms with Gasteiger partial charge in [-0.05, 0) is 25.7 Å². The average molecular weight is 331 g/mol.